The van der Waals surface area contributed by atoms with E-state index in [1.807, 2.05) is 30.3 Å². The Labute approximate surface area is 179 Å². The number of aromatic nitrogens is 2. The summed E-state index contributed by atoms with van der Waals surface area (Å²) in [6.45, 7) is 0.474. The lowest BCUT2D eigenvalue weighted by Gasteiger charge is -2.13. The van der Waals surface area contributed by atoms with E-state index in [0.717, 1.165) is 23.7 Å². The second-order valence-corrected chi connectivity index (χ2v) is 8.31. The molecule has 1 aliphatic heterocycles. The Morgan fingerprint density at radius 2 is 2.06 bits per heavy atom. The van der Waals surface area contributed by atoms with Gasteiger partial charge in [0, 0.05) is 31.0 Å². The number of hydrogen-bond acceptors (Lipinski definition) is 4. The second-order valence-electron chi connectivity index (χ2n) is 8.31. The molecule has 7 nitrogen and oxygen atoms in total. The number of nitrogens with zero attached hydrogens (tertiary/aromatic N) is 3. The molecule has 0 radical (unpaired) electrons. The van der Waals surface area contributed by atoms with Crippen LogP contribution in [-0.2, 0) is 4.79 Å². The SMILES string of the molecule is CN1CC[C@@](O)(C#Cc2cccc(-n3nc(C(N)=O)c4cc(C5CC5)ccc43)c2)C1=O. The van der Waals surface area contributed by atoms with Crippen LogP contribution in [0.2, 0.25) is 0 Å². The molecule has 2 amide bonds. The van der Waals surface area contributed by atoms with Crippen LogP contribution in [0.1, 0.15) is 46.8 Å². The van der Waals surface area contributed by atoms with Gasteiger partial charge in [0.1, 0.15) is 0 Å². The van der Waals surface area contributed by atoms with Crippen LogP contribution >= 0.6 is 0 Å². The molecule has 1 aliphatic carbocycles. The van der Waals surface area contributed by atoms with Gasteiger partial charge >= 0.3 is 0 Å². The maximum Gasteiger partial charge on any atom is 0.269 e. The maximum absolute atomic E-state index is 12.1. The third-order valence-electron chi connectivity index (χ3n) is 6.00. The standard InChI is InChI=1S/C24H22N4O3/c1-27-12-11-24(31,23(27)30)10-9-15-3-2-4-18(13-15)28-20-8-7-17(16-5-6-16)14-19(20)21(26-28)22(25)29/h2-4,7-8,13-14,16,31H,5-6,11-12H2,1H3,(H2,25,29)/t24-/m0/s1. The first-order chi connectivity index (χ1) is 14.9. The zero-order chi connectivity index (χ0) is 21.8. The third-order valence-corrected chi connectivity index (χ3v) is 6.00. The minimum Gasteiger partial charge on any atom is -0.369 e. The van der Waals surface area contributed by atoms with Gasteiger partial charge in [-0.3, -0.25) is 9.59 Å². The van der Waals surface area contributed by atoms with Gasteiger partial charge in [-0.1, -0.05) is 24.0 Å². The summed E-state index contributed by atoms with van der Waals surface area (Å²) in [6.07, 6.45) is 2.61. The molecular weight excluding hydrogens is 392 g/mol. The van der Waals surface area contributed by atoms with Crippen LogP contribution in [0.3, 0.4) is 0 Å². The fourth-order valence-corrected chi connectivity index (χ4v) is 4.05. The van der Waals surface area contributed by atoms with E-state index in [9.17, 15) is 14.7 Å². The van der Waals surface area contributed by atoms with Crippen molar-refractivity contribution in [2.24, 2.45) is 5.73 Å². The van der Waals surface area contributed by atoms with E-state index in [-0.39, 0.29) is 18.0 Å². The molecule has 0 unspecified atom stereocenters. The fourth-order valence-electron chi connectivity index (χ4n) is 4.05. The molecule has 0 bridgehead atoms. The monoisotopic (exact) mass is 414 g/mol. The van der Waals surface area contributed by atoms with Crippen molar-refractivity contribution < 1.29 is 14.7 Å². The van der Waals surface area contributed by atoms with E-state index in [0.29, 0.717) is 23.7 Å². The van der Waals surface area contributed by atoms with Crippen molar-refractivity contribution in [3.63, 3.8) is 0 Å². The molecule has 1 atom stereocenters. The molecule has 31 heavy (non-hydrogen) atoms. The van der Waals surface area contributed by atoms with Crippen molar-refractivity contribution >= 4 is 22.7 Å². The van der Waals surface area contributed by atoms with Gasteiger partial charge in [-0.2, -0.15) is 5.10 Å². The number of aliphatic hydroxyl groups is 1. The molecule has 1 saturated heterocycles. The number of likely N-dealkylation sites (N-methyl/N-ethyl adjacent to an activating group) is 1. The highest BCUT2D eigenvalue weighted by atomic mass is 16.3. The van der Waals surface area contributed by atoms with Crippen molar-refractivity contribution in [1.29, 1.82) is 0 Å². The first kappa shape index (κ1) is 19.3. The minimum atomic E-state index is -1.65. The van der Waals surface area contributed by atoms with Gasteiger partial charge < -0.3 is 15.7 Å². The molecule has 1 aromatic heterocycles. The number of carbonyl (C=O) groups excluding carboxylic acids is 2. The van der Waals surface area contributed by atoms with E-state index < -0.39 is 11.5 Å². The lowest BCUT2D eigenvalue weighted by molar-refractivity contribution is -0.137. The molecular formula is C24H22N4O3. The molecule has 2 aliphatic rings. The number of hydrogen-bond donors (Lipinski definition) is 2. The number of primary amides is 1. The average molecular weight is 414 g/mol. The van der Waals surface area contributed by atoms with Crippen molar-refractivity contribution in [3.8, 4) is 17.5 Å². The Morgan fingerprint density at radius 3 is 2.74 bits per heavy atom. The lowest BCUT2D eigenvalue weighted by atomic mass is 10.0. The van der Waals surface area contributed by atoms with Gasteiger partial charge in [0.25, 0.3) is 11.8 Å². The number of rotatable bonds is 3. The minimum absolute atomic E-state index is 0.239. The maximum atomic E-state index is 12.1. The van der Waals surface area contributed by atoms with Crippen molar-refractivity contribution in [3.05, 3.63) is 59.3 Å². The summed E-state index contributed by atoms with van der Waals surface area (Å²) in [5.41, 5.74) is 7.52. The molecule has 2 fully saturated rings. The number of amides is 2. The van der Waals surface area contributed by atoms with Crippen molar-refractivity contribution in [2.45, 2.75) is 30.8 Å². The van der Waals surface area contributed by atoms with E-state index >= 15 is 0 Å². The summed E-state index contributed by atoms with van der Waals surface area (Å²) >= 11 is 0. The summed E-state index contributed by atoms with van der Waals surface area (Å²) in [5, 5.41) is 15.7. The number of fused-ring (bicyclic) bond motifs is 1. The zero-order valence-corrected chi connectivity index (χ0v) is 17.1. The van der Waals surface area contributed by atoms with Crippen LogP contribution in [0, 0.1) is 11.8 Å². The summed E-state index contributed by atoms with van der Waals surface area (Å²) in [5.74, 6) is 5.25. The Bertz CT molecular complexity index is 1300. The van der Waals surface area contributed by atoms with Gasteiger partial charge in [0.2, 0.25) is 5.60 Å². The predicted molar refractivity (Wildman–Crippen MR) is 116 cm³/mol. The molecule has 3 N–H and O–H groups in total. The quantitative estimate of drug-likeness (QED) is 0.640. The Kier molecular flexibility index (Phi) is 4.34. The Morgan fingerprint density at radius 1 is 1.26 bits per heavy atom. The van der Waals surface area contributed by atoms with Crippen LogP contribution in [0.25, 0.3) is 16.6 Å². The van der Waals surface area contributed by atoms with Gasteiger partial charge in [-0.15, -0.1) is 0 Å². The highest BCUT2D eigenvalue weighted by Crippen LogP contribution is 2.41. The van der Waals surface area contributed by atoms with Crippen LogP contribution < -0.4 is 5.73 Å². The van der Waals surface area contributed by atoms with Crippen molar-refractivity contribution in [1.82, 2.24) is 14.7 Å². The van der Waals surface area contributed by atoms with Gasteiger partial charge in [-0.25, -0.2) is 4.68 Å². The zero-order valence-electron chi connectivity index (χ0n) is 17.1. The van der Waals surface area contributed by atoms with Crippen LogP contribution in [0.4, 0.5) is 0 Å². The number of likely N-dealkylation sites (tertiary alicyclic amines) is 1. The third kappa shape index (κ3) is 3.35. The van der Waals surface area contributed by atoms with E-state index in [1.54, 1.807) is 17.8 Å². The normalized spacial score (nSPS) is 20.7. The Hall–Kier alpha value is -3.63. The molecule has 156 valence electrons. The van der Waals surface area contributed by atoms with Crippen molar-refractivity contribution in [2.75, 3.05) is 13.6 Å². The highest BCUT2D eigenvalue weighted by molar-refractivity contribution is 6.04. The number of nitrogens with two attached hydrogens (primary N) is 1. The van der Waals surface area contributed by atoms with Crippen LogP contribution in [0.5, 0.6) is 0 Å². The molecule has 2 heterocycles. The fraction of sp³-hybridized carbons (Fsp3) is 0.292. The van der Waals surface area contributed by atoms with Gasteiger partial charge in [0.05, 0.1) is 11.2 Å². The molecule has 2 aromatic carbocycles. The van der Waals surface area contributed by atoms with E-state index in [4.69, 9.17) is 5.73 Å². The highest BCUT2D eigenvalue weighted by Gasteiger charge is 2.42. The smallest absolute Gasteiger partial charge is 0.269 e. The summed E-state index contributed by atoms with van der Waals surface area (Å²) in [7, 11) is 1.65. The first-order valence-corrected chi connectivity index (χ1v) is 10.3. The Balaban J connectivity index is 1.55. The summed E-state index contributed by atoms with van der Waals surface area (Å²) in [6, 6.07) is 13.3. The number of carbonyl (C=O) groups is 2. The second kappa shape index (κ2) is 6.96. The summed E-state index contributed by atoms with van der Waals surface area (Å²) < 4.78 is 1.68. The first-order valence-electron chi connectivity index (χ1n) is 10.3. The number of benzene rings is 2. The van der Waals surface area contributed by atoms with E-state index in [2.05, 4.69) is 23.0 Å². The predicted octanol–water partition coefficient (Wildman–Crippen LogP) is 1.95. The lowest BCUT2D eigenvalue weighted by Crippen LogP contribution is -2.37. The van der Waals surface area contributed by atoms with Crippen LogP contribution in [-0.4, -0.2) is 50.8 Å². The molecule has 3 aromatic rings. The molecule has 5 rings (SSSR count). The average Bonchev–Trinajstić information content (AvgIpc) is 3.50. The largest absolute Gasteiger partial charge is 0.369 e. The van der Waals surface area contributed by atoms with Gasteiger partial charge in [0.15, 0.2) is 5.69 Å². The molecule has 7 heteroatoms. The molecule has 1 saturated carbocycles. The van der Waals surface area contributed by atoms with Crippen LogP contribution in [0.15, 0.2) is 42.5 Å². The summed E-state index contributed by atoms with van der Waals surface area (Å²) in [4.78, 5) is 25.6. The van der Waals surface area contributed by atoms with Gasteiger partial charge in [-0.05, 0) is 54.7 Å². The van der Waals surface area contributed by atoms with E-state index in [1.165, 1.54) is 10.5 Å². The topological polar surface area (TPSA) is 101 Å². The molecule has 0 spiro atoms.